The van der Waals surface area contributed by atoms with Crippen molar-refractivity contribution in [2.75, 3.05) is 25.1 Å². The van der Waals surface area contributed by atoms with Gasteiger partial charge in [0, 0.05) is 12.7 Å². The van der Waals surface area contributed by atoms with Crippen molar-refractivity contribution in [2.45, 2.75) is 20.3 Å². The predicted octanol–water partition coefficient (Wildman–Crippen LogP) is 1.17. The number of methoxy groups -OCH3 is 1. The number of rotatable bonds is 5. The summed E-state index contributed by atoms with van der Waals surface area (Å²) in [5.41, 5.74) is 0. The smallest absolute Gasteiger partial charge is 0.325 e. The predicted molar refractivity (Wildman–Crippen MR) is 61.3 cm³/mol. The molecule has 0 spiro atoms. The van der Waals surface area contributed by atoms with E-state index in [1.54, 1.807) is 12.3 Å². The number of hydrogen-bond acceptors (Lipinski definition) is 5. The Bertz CT molecular complexity index is 355. The van der Waals surface area contributed by atoms with Gasteiger partial charge in [-0.15, -0.1) is 0 Å². The fourth-order valence-electron chi connectivity index (χ4n) is 1.38. The lowest BCUT2D eigenvalue weighted by molar-refractivity contribution is -0.138. The van der Waals surface area contributed by atoms with E-state index in [0.29, 0.717) is 5.82 Å². The van der Waals surface area contributed by atoms with Crippen LogP contribution in [0.5, 0.6) is 0 Å². The third-order valence-corrected chi connectivity index (χ3v) is 2.13. The molecule has 0 N–H and O–H groups in total. The summed E-state index contributed by atoms with van der Waals surface area (Å²) in [6.45, 7) is 4.87. The molecule has 1 aromatic heterocycles. The Morgan fingerprint density at radius 2 is 2.31 bits per heavy atom. The second-order valence-corrected chi connectivity index (χ2v) is 3.46. The summed E-state index contributed by atoms with van der Waals surface area (Å²) in [6.07, 6.45) is 2.64. The quantitative estimate of drug-likeness (QED) is 0.701. The molecule has 0 amide bonds. The summed E-state index contributed by atoms with van der Waals surface area (Å²) in [6, 6.07) is 1.80. The van der Waals surface area contributed by atoms with Gasteiger partial charge < -0.3 is 9.64 Å². The number of ether oxygens (including phenoxy) is 1. The number of hydrogen-bond donors (Lipinski definition) is 0. The zero-order chi connectivity index (χ0) is 12.0. The first kappa shape index (κ1) is 12.4. The Morgan fingerprint density at radius 3 is 2.88 bits per heavy atom. The SMILES string of the molecule is CCCN(CC(=O)OC)c1ccnc(C)n1. The summed E-state index contributed by atoms with van der Waals surface area (Å²) >= 11 is 0. The van der Waals surface area contributed by atoms with E-state index in [2.05, 4.69) is 21.6 Å². The minimum absolute atomic E-state index is 0.223. The van der Waals surface area contributed by atoms with Crippen LogP contribution >= 0.6 is 0 Å². The Kier molecular flexibility index (Phi) is 4.69. The van der Waals surface area contributed by atoms with Crippen LogP contribution in [0.4, 0.5) is 5.82 Å². The maximum Gasteiger partial charge on any atom is 0.325 e. The van der Waals surface area contributed by atoms with Crippen LogP contribution in [0, 0.1) is 6.92 Å². The van der Waals surface area contributed by atoms with E-state index in [1.807, 2.05) is 11.8 Å². The number of carbonyl (C=O) groups excluding carboxylic acids is 1. The van der Waals surface area contributed by atoms with Crippen LogP contribution < -0.4 is 4.90 Å². The minimum atomic E-state index is -0.260. The summed E-state index contributed by atoms with van der Waals surface area (Å²) in [5, 5.41) is 0. The number of aromatic nitrogens is 2. The Balaban J connectivity index is 2.80. The fourth-order valence-corrected chi connectivity index (χ4v) is 1.38. The van der Waals surface area contributed by atoms with Crippen LogP contribution in [0.25, 0.3) is 0 Å². The molecule has 0 saturated carbocycles. The lowest BCUT2D eigenvalue weighted by Gasteiger charge is -2.21. The molecule has 0 saturated heterocycles. The maximum absolute atomic E-state index is 11.2. The Hall–Kier alpha value is -1.65. The second-order valence-electron chi connectivity index (χ2n) is 3.46. The van der Waals surface area contributed by atoms with E-state index in [1.165, 1.54) is 7.11 Å². The third kappa shape index (κ3) is 3.49. The topological polar surface area (TPSA) is 55.3 Å². The van der Waals surface area contributed by atoms with Crippen LogP contribution in [0.2, 0.25) is 0 Å². The monoisotopic (exact) mass is 223 g/mol. The van der Waals surface area contributed by atoms with E-state index in [0.717, 1.165) is 18.8 Å². The molecule has 0 aliphatic rings. The average Bonchev–Trinajstić information content (AvgIpc) is 2.28. The van der Waals surface area contributed by atoms with E-state index < -0.39 is 0 Å². The number of aryl methyl sites for hydroxylation is 1. The van der Waals surface area contributed by atoms with Crippen molar-refractivity contribution in [2.24, 2.45) is 0 Å². The van der Waals surface area contributed by atoms with Crippen molar-refractivity contribution < 1.29 is 9.53 Å². The van der Waals surface area contributed by atoms with Crippen molar-refractivity contribution in [3.63, 3.8) is 0 Å². The van der Waals surface area contributed by atoms with Crippen LogP contribution in [0.3, 0.4) is 0 Å². The molecule has 1 aromatic rings. The van der Waals surface area contributed by atoms with E-state index in [-0.39, 0.29) is 12.5 Å². The van der Waals surface area contributed by atoms with Gasteiger partial charge in [0.2, 0.25) is 0 Å². The van der Waals surface area contributed by atoms with Gasteiger partial charge in [-0.05, 0) is 19.4 Å². The number of esters is 1. The van der Waals surface area contributed by atoms with Gasteiger partial charge in [0.15, 0.2) is 0 Å². The van der Waals surface area contributed by atoms with E-state index >= 15 is 0 Å². The summed E-state index contributed by atoms with van der Waals surface area (Å²) in [4.78, 5) is 21.5. The normalized spacial score (nSPS) is 9.94. The molecule has 5 heteroatoms. The highest BCUT2D eigenvalue weighted by molar-refractivity contribution is 5.75. The number of carbonyl (C=O) groups is 1. The van der Waals surface area contributed by atoms with Gasteiger partial charge >= 0.3 is 5.97 Å². The molecule has 0 fully saturated rings. The number of nitrogens with zero attached hydrogens (tertiary/aromatic N) is 3. The largest absolute Gasteiger partial charge is 0.468 e. The summed E-state index contributed by atoms with van der Waals surface area (Å²) in [7, 11) is 1.39. The van der Waals surface area contributed by atoms with Gasteiger partial charge in [0.05, 0.1) is 7.11 Å². The standard InChI is InChI=1S/C11H17N3O2/c1-4-7-14(8-11(15)16-3)10-5-6-12-9(2)13-10/h5-6H,4,7-8H2,1-3H3. The average molecular weight is 223 g/mol. The minimum Gasteiger partial charge on any atom is -0.468 e. The first-order valence-corrected chi connectivity index (χ1v) is 5.28. The highest BCUT2D eigenvalue weighted by Gasteiger charge is 2.12. The van der Waals surface area contributed by atoms with E-state index in [9.17, 15) is 4.79 Å². The summed E-state index contributed by atoms with van der Waals surface area (Å²) in [5.74, 6) is 1.20. The van der Waals surface area contributed by atoms with Crippen LogP contribution in [-0.2, 0) is 9.53 Å². The third-order valence-electron chi connectivity index (χ3n) is 2.13. The second kappa shape index (κ2) is 6.05. The summed E-state index contributed by atoms with van der Waals surface area (Å²) < 4.78 is 4.65. The number of anilines is 1. The molecule has 0 bridgehead atoms. The van der Waals surface area contributed by atoms with Gasteiger partial charge in [0.25, 0.3) is 0 Å². The van der Waals surface area contributed by atoms with Crippen molar-refractivity contribution >= 4 is 11.8 Å². The van der Waals surface area contributed by atoms with Gasteiger partial charge in [-0.3, -0.25) is 4.79 Å². The van der Waals surface area contributed by atoms with E-state index in [4.69, 9.17) is 0 Å². The molecule has 0 aliphatic heterocycles. The lowest BCUT2D eigenvalue weighted by Crippen LogP contribution is -2.32. The van der Waals surface area contributed by atoms with Crippen molar-refractivity contribution in [1.29, 1.82) is 0 Å². The Morgan fingerprint density at radius 1 is 1.56 bits per heavy atom. The molecule has 1 rings (SSSR count). The zero-order valence-electron chi connectivity index (χ0n) is 9.93. The van der Waals surface area contributed by atoms with Gasteiger partial charge in [-0.1, -0.05) is 6.92 Å². The Labute approximate surface area is 95.5 Å². The van der Waals surface area contributed by atoms with Crippen molar-refractivity contribution in [3.8, 4) is 0 Å². The van der Waals surface area contributed by atoms with Gasteiger partial charge in [-0.2, -0.15) is 0 Å². The molecular weight excluding hydrogens is 206 g/mol. The highest BCUT2D eigenvalue weighted by atomic mass is 16.5. The van der Waals surface area contributed by atoms with Crippen molar-refractivity contribution in [3.05, 3.63) is 18.1 Å². The first-order valence-electron chi connectivity index (χ1n) is 5.28. The zero-order valence-corrected chi connectivity index (χ0v) is 9.93. The molecule has 1 heterocycles. The molecule has 0 radical (unpaired) electrons. The van der Waals surface area contributed by atoms with Gasteiger partial charge in [0.1, 0.15) is 18.2 Å². The maximum atomic E-state index is 11.2. The van der Waals surface area contributed by atoms with Crippen LogP contribution in [0.1, 0.15) is 19.2 Å². The van der Waals surface area contributed by atoms with Crippen LogP contribution in [0.15, 0.2) is 12.3 Å². The molecule has 88 valence electrons. The molecule has 5 nitrogen and oxygen atoms in total. The molecule has 0 aliphatic carbocycles. The van der Waals surface area contributed by atoms with Crippen LogP contribution in [-0.4, -0.2) is 36.1 Å². The van der Waals surface area contributed by atoms with Gasteiger partial charge in [-0.25, -0.2) is 9.97 Å². The molecule has 0 aromatic carbocycles. The molecule has 0 unspecified atom stereocenters. The molecular formula is C11H17N3O2. The molecule has 0 atom stereocenters. The van der Waals surface area contributed by atoms with Crippen molar-refractivity contribution in [1.82, 2.24) is 9.97 Å². The fraction of sp³-hybridized carbons (Fsp3) is 0.545. The molecule has 16 heavy (non-hydrogen) atoms. The lowest BCUT2D eigenvalue weighted by atomic mass is 10.4. The first-order chi connectivity index (χ1) is 7.67. The highest BCUT2D eigenvalue weighted by Crippen LogP contribution is 2.10.